The number of anilines is 1. The Morgan fingerprint density at radius 3 is 2.38 bits per heavy atom. The first-order valence-corrected chi connectivity index (χ1v) is 10.5. The average Bonchev–Trinajstić information content (AvgIpc) is 3.22. The van der Waals surface area contributed by atoms with E-state index in [0.29, 0.717) is 17.7 Å². The highest BCUT2D eigenvalue weighted by Gasteiger charge is 2.12. The molecule has 0 aliphatic carbocycles. The molecule has 0 unspecified atom stereocenters. The van der Waals surface area contributed by atoms with Crippen LogP contribution in [0, 0.1) is 6.92 Å². The van der Waals surface area contributed by atoms with E-state index in [1.54, 1.807) is 4.80 Å². The van der Waals surface area contributed by atoms with Crippen molar-refractivity contribution in [2.45, 2.75) is 13.8 Å². The third kappa shape index (κ3) is 3.78. The fourth-order valence-corrected chi connectivity index (χ4v) is 3.69. The molecule has 1 heterocycles. The number of aromatic nitrogens is 3. The predicted molar refractivity (Wildman–Crippen MR) is 127 cm³/mol. The first kappa shape index (κ1) is 19.8. The first-order valence-electron chi connectivity index (χ1n) is 10.5. The molecule has 0 aliphatic rings. The average molecular weight is 422 g/mol. The Labute approximate surface area is 185 Å². The Kier molecular flexibility index (Phi) is 5.03. The van der Waals surface area contributed by atoms with Gasteiger partial charge in [0.25, 0.3) is 5.91 Å². The Bertz CT molecular complexity index is 1440. The van der Waals surface area contributed by atoms with Crippen LogP contribution in [0.3, 0.4) is 0 Å². The highest BCUT2D eigenvalue weighted by molar-refractivity contribution is 6.07. The van der Waals surface area contributed by atoms with Gasteiger partial charge in [-0.05, 0) is 78.7 Å². The fourth-order valence-electron chi connectivity index (χ4n) is 3.69. The van der Waals surface area contributed by atoms with Crippen LogP contribution in [0.5, 0.6) is 5.75 Å². The Balaban J connectivity index is 1.42. The third-order valence-electron chi connectivity index (χ3n) is 5.36. The molecule has 0 saturated heterocycles. The number of hydrogen-bond donors (Lipinski definition) is 1. The summed E-state index contributed by atoms with van der Waals surface area (Å²) in [4.78, 5) is 14.5. The largest absolute Gasteiger partial charge is 0.494 e. The number of benzene rings is 4. The minimum absolute atomic E-state index is 0.155. The van der Waals surface area contributed by atoms with Crippen molar-refractivity contribution in [3.05, 3.63) is 90.0 Å². The number of carbonyl (C=O) groups is 1. The van der Waals surface area contributed by atoms with E-state index < -0.39 is 0 Å². The second kappa shape index (κ2) is 8.15. The van der Waals surface area contributed by atoms with Gasteiger partial charge in [-0.2, -0.15) is 4.80 Å². The summed E-state index contributed by atoms with van der Waals surface area (Å²) >= 11 is 0. The van der Waals surface area contributed by atoms with Crippen molar-refractivity contribution in [1.82, 2.24) is 15.0 Å². The number of aryl methyl sites for hydroxylation is 1. The number of fused-ring (bicyclic) bond motifs is 2. The van der Waals surface area contributed by atoms with Crippen molar-refractivity contribution in [2.24, 2.45) is 0 Å². The van der Waals surface area contributed by atoms with Crippen LogP contribution in [0.15, 0.2) is 78.9 Å². The highest BCUT2D eigenvalue weighted by Crippen LogP contribution is 2.24. The van der Waals surface area contributed by atoms with Gasteiger partial charge in [-0.1, -0.05) is 30.3 Å². The molecule has 0 bridgehead atoms. The predicted octanol–water partition coefficient (Wildman–Crippen LogP) is 5.53. The molecule has 1 amide bonds. The number of ether oxygens (including phenoxy) is 1. The number of nitrogens with zero attached hydrogens (tertiary/aromatic N) is 3. The van der Waals surface area contributed by atoms with E-state index in [1.807, 2.05) is 92.7 Å². The molecule has 0 spiro atoms. The zero-order valence-electron chi connectivity index (χ0n) is 17.9. The van der Waals surface area contributed by atoms with E-state index >= 15 is 0 Å². The quantitative estimate of drug-likeness (QED) is 0.404. The van der Waals surface area contributed by atoms with Crippen LogP contribution < -0.4 is 10.1 Å². The molecular formula is C26H22N4O2. The summed E-state index contributed by atoms with van der Waals surface area (Å²) in [5, 5.41) is 14.3. The van der Waals surface area contributed by atoms with Crippen molar-refractivity contribution in [2.75, 3.05) is 11.9 Å². The molecule has 0 saturated carbocycles. The summed E-state index contributed by atoms with van der Waals surface area (Å²) in [5.41, 5.74) is 4.56. The number of amides is 1. The summed E-state index contributed by atoms with van der Waals surface area (Å²) < 4.78 is 5.49. The molecule has 0 aliphatic heterocycles. The van der Waals surface area contributed by atoms with Crippen LogP contribution in [0.4, 0.5) is 5.69 Å². The van der Waals surface area contributed by atoms with Crippen LogP contribution >= 0.6 is 0 Å². The van der Waals surface area contributed by atoms with Gasteiger partial charge >= 0.3 is 0 Å². The van der Waals surface area contributed by atoms with Crippen molar-refractivity contribution < 1.29 is 9.53 Å². The zero-order valence-corrected chi connectivity index (χ0v) is 17.9. The summed E-state index contributed by atoms with van der Waals surface area (Å²) in [5.74, 6) is 0.652. The van der Waals surface area contributed by atoms with Crippen LogP contribution in [-0.2, 0) is 0 Å². The molecule has 32 heavy (non-hydrogen) atoms. The Morgan fingerprint density at radius 2 is 1.62 bits per heavy atom. The maximum Gasteiger partial charge on any atom is 0.255 e. The van der Waals surface area contributed by atoms with Gasteiger partial charge in [0.05, 0.1) is 12.3 Å². The normalized spacial score (nSPS) is 11.1. The SMILES string of the molecule is CCOc1ccc(-n2nc3cc(C)c(NC(=O)c4ccc5ccccc5c4)cc3n2)cc1. The van der Waals surface area contributed by atoms with Gasteiger partial charge < -0.3 is 10.1 Å². The van der Waals surface area contributed by atoms with Crippen LogP contribution in [0.1, 0.15) is 22.8 Å². The van der Waals surface area contributed by atoms with E-state index in [9.17, 15) is 4.79 Å². The highest BCUT2D eigenvalue weighted by atomic mass is 16.5. The lowest BCUT2D eigenvalue weighted by molar-refractivity contribution is 0.102. The second-order valence-electron chi connectivity index (χ2n) is 7.59. The van der Waals surface area contributed by atoms with Gasteiger partial charge in [-0.3, -0.25) is 4.79 Å². The molecule has 5 aromatic rings. The number of nitrogens with one attached hydrogen (secondary N) is 1. The standard InChI is InChI=1S/C26H22N4O2/c1-3-32-22-12-10-21(11-13-22)30-28-24-14-17(2)23(16-25(24)29-30)27-26(31)20-9-8-18-6-4-5-7-19(18)15-20/h4-16H,3H2,1-2H3,(H,27,31). The van der Waals surface area contributed by atoms with Crippen LogP contribution in [-0.4, -0.2) is 27.5 Å². The lowest BCUT2D eigenvalue weighted by Gasteiger charge is -2.09. The van der Waals surface area contributed by atoms with E-state index in [4.69, 9.17) is 4.74 Å². The van der Waals surface area contributed by atoms with E-state index in [2.05, 4.69) is 15.5 Å². The smallest absolute Gasteiger partial charge is 0.255 e. The maximum atomic E-state index is 12.9. The number of hydrogen-bond acceptors (Lipinski definition) is 4. The van der Waals surface area contributed by atoms with E-state index in [-0.39, 0.29) is 5.91 Å². The van der Waals surface area contributed by atoms with Crippen LogP contribution in [0.2, 0.25) is 0 Å². The summed E-state index contributed by atoms with van der Waals surface area (Å²) in [6, 6.07) is 25.1. The minimum Gasteiger partial charge on any atom is -0.494 e. The topological polar surface area (TPSA) is 69.0 Å². The van der Waals surface area contributed by atoms with Gasteiger partial charge in [-0.25, -0.2) is 0 Å². The minimum atomic E-state index is -0.155. The lowest BCUT2D eigenvalue weighted by atomic mass is 10.1. The molecule has 0 atom stereocenters. The Morgan fingerprint density at radius 1 is 0.906 bits per heavy atom. The summed E-state index contributed by atoms with van der Waals surface area (Å²) in [6.07, 6.45) is 0. The summed E-state index contributed by atoms with van der Waals surface area (Å²) in [6.45, 7) is 4.52. The molecule has 158 valence electrons. The van der Waals surface area contributed by atoms with Gasteiger partial charge in [-0.15, -0.1) is 10.2 Å². The number of carbonyl (C=O) groups excluding carboxylic acids is 1. The van der Waals surface area contributed by atoms with Gasteiger partial charge in [0.2, 0.25) is 0 Å². The second-order valence-corrected chi connectivity index (χ2v) is 7.59. The lowest BCUT2D eigenvalue weighted by Crippen LogP contribution is -2.12. The molecule has 1 N–H and O–H groups in total. The van der Waals surface area contributed by atoms with E-state index in [0.717, 1.165) is 39.0 Å². The molecule has 0 radical (unpaired) electrons. The van der Waals surface area contributed by atoms with Crippen LogP contribution in [0.25, 0.3) is 27.5 Å². The molecule has 6 nitrogen and oxygen atoms in total. The maximum absolute atomic E-state index is 12.9. The summed E-state index contributed by atoms with van der Waals surface area (Å²) in [7, 11) is 0. The van der Waals surface area contributed by atoms with Gasteiger partial charge in [0, 0.05) is 11.3 Å². The number of rotatable bonds is 5. The molecule has 0 fully saturated rings. The van der Waals surface area contributed by atoms with Crippen molar-refractivity contribution in [1.29, 1.82) is 0 Å². The Hall–Kier alpha value is -4.19. The van der Waals surface area contributed by atoms with Crippen molar-refractivity contribution in [3.63, 3.8) is 0 Å². The zero-order chi connectivity index (χ0) is 22.1. The molecule has 6 heteroatoms. The third-order valence-corrected chi connectivity index (χ3v) is 5.36. The van der Waals surface area contributed by atoms with Gasteiger partial charge in [0.15, 0.2) is 0 Å². The molecule has 5 rings (SSSR count). The fraction of sp³-hybridized carbons (Fsp3) is 0.115. The monoisotopic (exact) mass is 422 g/mol. The van der Waals surface area contributed by atoms with E-state index in [1.165, 1.54) is 0 Å². The first-order chi connectivity index (χ1) is 15.6. The molecule has 4 aromatic carbocycles. The van der Waals surface area contributed by atoms with Crippen molar-refractivity contribution in [3.8, 4) is 11.4 Å². The van der Waals surface area contributed by atoms with Crippen molar-refractivity contribution >= 4 is 33.4 Å². The molecular weight excluding hydrogens is 400 g/mol. The van der Waals surface area contributed by atoms with Gasteiger partial charge in [0.1, 0.15) is 16.8 Å². The molecule has 1 aromatic heterocycles.